The van der Waals surface area contributed by atoms with E-state index < -0.39 is 0 Å². The van der Waals surface area contributed by atoms with Crippen LogP contribution in [0, 0.1) is 0 Å². The Balaban J connectivity index is 2.05. The summed E-state index contributed by atoms with van der Waals surface area (Å²) in [7, 11) is 0. The molecule has 1 aromatic heterocycles. The number of thiazole rings is 1. The molecule has 1 aromatic carbocycles. The third-order valence-corrected chi connectivity index (χ3v) is 4.29. The summed E-state index contributed by atoms with van der Waals surface area (Å²) >= 11 is 1.54. The number of aromatic nitrogens is 1. The summed E-state index contributed by atoms with van der Waals surface area (Å²) in [5, 5.41) is 0.640. The van der Waals surface area contributed by atoms with Crippen LogP contribution in [0.25, 0.3) is 10.2 Å². The standard InChI is InChI=1S/C12H16N4S/c1-6-11(7(2)16-15-6)8-3-4-10-9(5-8)14-12(13)17-10/h3-7,11,15-16H,1-2H3,(H2,13,14). The molecule has 2 heterocycles. The summed E-state index contributed by atoms with van der Waals surface area (Å²) in [4.78, 5) is 4.35. The van der Waals surface area contributed by atoms with E-state index in [1.165, 1.54) is 5.56 Å². The van der Waals surface area contributed by atoms with Crippen LogP contribution in [-0.4, -0.2) is 17.1 Å². The van der Waals surface area contributed by atoms with E-state index in [4.69, 9.17) is 5.73 Å². The number of nitrogens with one attached hydrogen (secondary N) is 2. The molecule has 1 aliphatic rings. The average Bonchev–Trinajstić information content (AvgIpc) is 2.80. The van der Waals surface area contributed by atoms with Gasteiger partial charge in [0.1, 0.15) is 0 Å². The Bertz CT molecular complexity index is 540. The highest BCUT2D eigenvalue weighted by Gasteiger charge is 2.31. The Hall–Kier alpha value is -1.17. The molecule has 1 fully saturated rings. The van der Waals surface area contributed by atoms with E-state index >= 15 is 0 Å². The predicted molar refractivity (Wildman–Crippen MR) is 72.0 cm³/mol. The first-order valence-electron chi connectivity index (χ1n) is 5.82. The molecule has 90 valence electrons. The molecular formula is C12H16N4S. The zero-order valence-corrected chi connectivity index (χ0v) is 10.7. The van der Waals surface area contributed by atoms with Crippen molar-refractivity contribution in [2.45, 2.75) is 31.8 Å². The lowest BCUT2D eigenvalue weighted by atomic mass is 9.89. The zero-order chi connectivity index (χ0) is 12.0. The Labute approximate surface area is 104 Å². The summed E-state index contributed by atoms with van der Waals surface area (Å²) in [6.45, 7) is 4.39. The third kappa shape index (κ3) is 1.80. The van der Waals surface area contributed by atoms with Gasteiger partial charge >= 0.3 is 0 Å². The van der Waals surface area contributed by atoms with E-state index in [1.807, 2.05) is 0 Å². The summed E-state index contributed by atoms with van der Waals surface area (Å²) < 4.78 is 1.16. The minimum atomic E-state index is 0.429. The number of nitrogens with zero attached hydrogens (tertiary/aromatic N) is 1. The van der Waals surface area contributed by atoms with Crippen LogP contribution >= 0.6 is 11.3 Å². The van der Waals surface area contributed by atoms with Crippen molar-refractivity contribution in [2.75, 3.05) is 5.73 Å². The molecule has 3 rings (SSSR count). The van der Waals surface area contributed by atoms with Crippen molar-refractivity contribution in [3.8, 4) is 0 Å². The van der Waals surface area contributed by atoms with Crippen LogP contribution in [-0.2, 0) is 0 Å². The lowest BCUT2D eigenvalue weighted by Crippen LogP contribution is -2.30. The average molecular weight is 248 g/mol. The van der Waals surface area contributed by atoms with Gasteiger partial charge in [-0.2, -0.15) is 0 Å². The Morgan fingerprint density at radius 3 is 2.65 bits per heavy atom. The number of rotatable bonds is 1. The van der Waals surface area contributed by atoms with Gasteiger partial charge in [-0.3, -0.25) is 10.9 Å². The van der Waals surface area contributed by atoms with Crippen LogP contribution in [0.15, 0.2) is 18.2 Å². The molecule has 2 aromatic rings. The van der Waals surface area contributed by atoms with Gasteiger partial charge in [0, 0.05) is 18.0 Å². The van der Waals surface area contributed by atoms with Crippen molar-refractivity contribution >= 4 is 26.7 Å². The van der Waals surface area contributed by atoms with Gasteiger partial charge in [0.15, 0.2) is 5.13 Å². The minimum Gasteiger partial charge on any atom is -0.375 e. The van der Waals surface area contributed by atoms with Crippen molar-refractivity contribution in [1.29, 1.82) is 0 Å². The van der Waals surface area contributed by atoms with Crippen LogP contribution in [0.5, 0.6) is 0 Å². The minimum absolute atomic E-state index is 0.429. The van der Waals surface area contributed by atoms with Gasteiger partial charge in [-0.15, -0.1) is 0 Å². The number of hydrogen-bond donors (Lipinski definition) is 3. The highest BCUT2D eigenvalue weighted by molar-refractivity contribution is 7.22. The maximum absolute atomic E-state index is 5.73. The predicted octanol–water partition coefficient (Wildman–Crippen LogP) is 1.85. The van der Waals surface area contributed by atoms with Gasteiger partial charge in [-0.05, 0) is 31.5 Å². The number of nitrogens with two attached hydrogens (primary N) is 1. The molecule has 0 bridgehead atoms. The van der Waals surface area contributed by atoms with Crippen molar-refractivity contribution in [1.82, 2.24) is 15.8 Å². The van der Waals surface area contributed by atoms with E-state index in [2.05, 4.69) is 47.9 Å². The summed E-state index contributed by atoms with van der Waals surface area (Å²) in [6, 6.07) is 7.33. The smallest absolute Gasteiger partial charge is 0.181 e. The molecule has 2 unspecified atom stereocenters. The molecule has 17 heavy (non-hydrogen) atoms. The van der Waals surface area contributed by atoms with Crippen molar-refractivity contribution in [3.05, 3.63) is 23.8 Å². The second kappa shape index (κ2) is 3.94. The first-order valence-corrected chi connectivity index (χ1v) is 6.64. The lowest BCUT2D eigenvalue weighted by Gasteiger charge is -2.18. The molecule has 0 saturated carbocycles. The maximum Gasteiger partial charge on any atom is 0.181 e. The van der Waals surface area contributed by atoms with Crippen LogP contribution in [0.3, 0.4) is 0 Å². The van der Waals surface area contributed by atoms with E-state index in [-0.39, 0.29) is 0 Å². The van der Waals surface area contributed by atoms with Gasteiger partial charge in [0.2, 0.25) is 0 Å². The Morgan fingerprint density at radius 1 is 1.24 bits per heavy atom. The highest BCUT2D eigenvalue weighted by atomic mass is 32.1. The number of nitrogen functional groups attached to an aromatic ring is 1. The second-order valence-corrected chi connectivity index (χ2v) is 5.73. The van der Waals surface area contributed by atoms with Gasteiger partial charge in [-0.25, -0.2) is 4.98 Å². The molecule has 4 N–H and O–H groups in total. The molecule has 1 aliphatic heterocycles. The molecule has 4 nitrogen and oxygen atoms in total. The number of hydrazine groups is 1. The molecule has 5 heteroatoms. The van der Waals surface area contributed by atoms with E-state index in [0.717, 1.165) is 10.2 Å². The SMILES string of the molecule is CC1NNC(C)C1c1ccc2sc(N)nc2c1. The van der Waals surface area contributed by atoms with Crippen LogP contribution in [0.4, 0.5) is 5.13 Å². The van der Waals surface area contributed by atoms with Crippen LogP contribution in [0.2, 0.25) is 0 Å². The number of benzene rings is 1. The van der Waals surface area contributed by atoms with Gasteiger partial charge in [0.25, 0.3) is 0 Å². The van der Waals surface area contributed by atoms with E-state index in [9.17, 15) is 0 Å². The number of hydrogen-bond acceptors (Lipinski definition) is 5. The molecule has 1 saturated heterocycles. The van der Waals surface area contributed by atoms with E-state index in [1.54, 1.807) is 11.3 Å². The normalized spacial score (nSPS) is 28.9. The lowest BCUT2D eigenvalue weighted by molar-refractivity contribution is 0.567. The van der Waals surface area contributed by atoms with Crippen molar-refractivity contribution in [3.63, 3.8) is 0 Å². The molecule has 0 radical (unpaired) electrons. The van der Waals surface area contributed by atoms with Gasteiger partial charge in [0.05, 0.1) is 10.2 Å². The molecule has 0 amide bonds. The van der Waals surface area contributed by atoms with Crippen molar-refractivity contribution < 1.29 is 0 Å². The summed E-state index contributed by atoms with van der Waals surface area (Å²) in [5.74, 6) is 0.474. The molecule has 0 spiro atoms. The summed E-state index contributed by atoms with van der Waals surface area (Å²) in [5.41, 5.74) is 14.6. The molecule has 2 atom stereocenters. The number of anilines is 1. The highest BCUT2D eigenvalue weighted by Crippen LogP contribution is 2.31. The monoisotopic (exact) mass is 248 g/mol. The Morgan fingerprint density at radius 2 is 1.94 bits per heavy atom. The second-order valence-electron chi connectivity index (χ2n) is 4.67. The zero-order valence-electron chi connectivity index (χ0n) is 9.90. The van der Waals surface area contributed by atoms with Crippen molar-refractivity contribution in [2.24, 2.45) is 0 Å². The quantitative estimate of drug-likeness (QED) is 0.720. The fourth-order valence-corrected chi connectivity index (χ4v) is 3.34. The number of fused-ring (bicyclic) bond motifs is 1. The van der Waals surface area contributed by atoms with Gasteiger partial charge in [-0.1, -0.05) is 17.4 Å². The summed E-state index contributed by atoms with van der Waals surface area (Å²) in [6.07, 6.45) is 0. The van der Waals surface area contributed by atoms with E-state index in [0.29, 0.717) is 23.1 Å². The topological polar surface area (TPSA) is 63.0 Å². The fourth-order valence-electron chi connectivity index (χ4n) is 2.62. The Kier molecular flexibility index (Phi) is 2.54. The molecular weight excluding hydrogens is 232 g/mol. The first-order chi connectivity index (χ1) is 8.15. The third-order valence-electron chi connectivity index (χ3n) is 3.43. The van der Waals surface area contributed by atoms with Gasteiger partial charge < -0.3 is 5.73 Å². The van der Waals surface area contributed by atoms with Crippen LogP contribution in [0.1, 0.15) is 25.3 Å². The fraction of sp³-hybridized carbons (Fsp3) is 0.417. The van der Waals surface area contributed by atoms with Crippen LogP contribution < -0.4 is 16.6 Å². The maximum atomic E-state index is 5.73. The largest absolute Gasteiger partial charge is 0.375 e. The molecule has 0 aliphatic carbocycles. The first kappa shape index (κ1) is 11.0.